The molecule has 7 heteroatoms. The number of ether oxygens (including phenoxy) is 1. The Morgan fingerprint density at radius 1 is 1.29 bits per heavy atom. The molecule has 0 aliphatic heterocycles. The number of nitro groups is 1. The van der Waals surface area contributed by atoms with Crippen molar-refractivity contribution in [2.24, 2.45) is 0 Å². The average molecular weight is 356 g/mol. The maximum absolute atomic E-state index is 13.9. The Morgan fingerprint density at radius 2 is 1.95 bits per heavy atom. The fourth-order valence-corrected chi connectivity index (χ4v) is 2.05. The number of nitrogens with zero attached hydrogens (tertiary/aromatic N) is 1. The van der Waals surface area contributed by atoms with Crippen LogP contribution in [0.1, 0.15) is 18.6 Å². The van der Waals surface area contributed by atoms with Crippen molar-refractivity contribution in [2.45, 2.75) is 13.0 Å². The van der Waals surface area contributed by atoms with Crippen LogP contribution in [0.15, 0.2) is 40.9 Å². The molecule has 0 bridgehead atoms. The predicted molar refractivity (Wildman–Crippen MR) is 77.9 cm³/mol. The number of nitro benzene ring substituents is 1. The molecule has 0 amide bonds. The van der Waals surface area contributed by atoms with Gasteiger partial charge in [-0.1, -0.05) is 22.0 Å². The molecule has 2 aromatic carbocycles. The van der Waals surface area contributed by atoms with Gasteiger partial charge in [-0.05, 0) is 36.8 Å². The highest BCUT2D eigenvalue weighted by molar-refractivity contribution is 9.10. The second-order valence-corrected chi connectivity index (χ2v) is 5.25. The van der Waals surface area contributed by atoms with Crippen molar-refractivity contribution < 1.29 is 19.2 Å². The van der Waals surface area contributed by atoms with E-state index >= 15 is 0 Å². The third-order valence-corrected chi connectivity index (χ3v) is 3.27. The van der Waals surface area contributed by atoms with Crippen LogP contribution >= 0.6 is 15.9 Å². The molecule has 5 nitrogen and oxygen atoms in total. The van der Waals surface area contributed by atoms with Gasteiger partial charge in [-0.3, -0.25) is 10.1 Å². The molecule has 0 saturated heterocycles. The van der Waals surface area contributed by atoms with Gasteiger partial charge in [-0.2, -0.15) is 0 Å². The summed E-state index contributed by atoms with van der Waals surface area (Å²) >= 11 is 3.13. The molecule has 0 unspecified atom stereocenters. The zero-order chi connectivity index (χ0) is 15.6. The Labute approximate surface area is 128 Å². The van der Waals surface area contributed by atoms with Crippen molar-refractivity contribution in [1.82, 2.24) is 0 Å². The molecular formula is C14H11BrFNO4. The summed E-state index contributed by atoms with van der Waals surface area (Å²) in [5.41, 5.74) is 0.119. The van der Waals surface area contributed by atoms with Gasteiger partial charge in [0, 0.05) is 10.5 Å². The summed E-state index contributed by atoms with van der Waals surface area (Å²) in [5.74, 6) is -0.915. The highest BCUT2D eigenvalue weighted by Gasteiger charge is 2.18. The molecule has 110 valence electrons. The molecule has 21 heavy (non-hydrogen) atoms. The van der Waals surface area contributed by atoms with Crippen LogP contribution in [-0.2, 0) is 0 Å². The molecule has 0 fully saturated rings. The molecule has 0 spiro atoms. The Morgan fingerprint density at radius 3 is 2.52 bits per heavy atom. The quantitative estimate of drug-likeness (QED) is 0.653. The highest BCUT2D eigenvalue weighted by Crippen LogP contribution is 2.35. The first-order valence-electron chi connectivity index (χ1n) is 5.98. The van der Waals surface area contributed by atoms with Crippen molar-refractivity contribution in [2.75, 3.05) is 0 Å². The number of benzene rings is 2. The molecule has 2 rings (SSSR count). The predicted octanol–water partition coefficient (Wildman–Crippen LogP) is 4.34. The van der Waals surface area contributed by atoms with Crippen molar-refractivity contribution in [3.8, 4) is 11.5 Å². The second-order valence-electron chi connectivity index (χ2n) is 4.34. The molecule has 0 aliphatic rings. The summed E-state index contributed by atoms with van der Waals surface area (Å²) in [6.45, 7) is 1.51. The molecule has 0 aromatic heterocycles. The first-order chi connectivity index (χ1) is 9.88. The van der Waals surface area contributed by atoms with Gasteiger partial charge in [0.25, 0.3) is 0 Å². The van der Waals surface area contributed by atoms with Gasteiger partial charge in [0.2, 0.25) is 5.75 Å². The maximum Gasteiger partial charge on any atom is 0.312 e. The third-order valence-electron chi connectivity index (χ3n) is 2.78. The van der Waals surface area contributed by atoms with E-state index in [1.54, 1.807) is 6.07 Å². The van der Waals surface area contributed by atoms with Crippen molar-refractivity contribution in [1.29, 1.82) is 0 Å². The second kappa shape index (κ2) is 6.19. The summed E-state index contributed by atoms with van der Waals surface area (Å²) < 4.78 is 19.7. The zero-order valence-corrected chi connectivity index (χ0v) is 12.5. The molecule has 0 radical (unpaired) electrons. The van der Waals surface area contributed by atoms with E-state index in [2.05, 4.69) is 15.9 Å². The molecule has 0 aliphatic carbocycles. The van der Waals surface area contributed by atoms with Crippen LogP contribution in [0.2, 0.25) is 0 Å². The molecule has 2 aromatic rings. The number of halogens is 2. The Balaban J connectivity index is 2.37. The van der Waals surface area contributed by atoms with E-state index < -0.39 is 16.8 Å². The van der Waals surface area contributed by atoms with Crippen LogP contribution in [0.25, 0.3) is 0 Å². The summed E-state index contributed by atoms with van der Waals surface area (Å²) in [7, 11) is 0. The van der Waals surface area contributed by atoms with E-state index in [-0.39, 0.29) is 17.2 Å². The number of rotatable bonds is 4. The molecule has 1 N–H and O–H groups in total. The standard InChI is InChI=1S/C14H11BrFNO4/c1-8(18)9-2-4-13(11(16)6-9)21-14-5-3-10(15)7-12(14)17(19)20/h2-8,18H,1H3/t8-/m0/s1. The van der Waals surface area contributed by atoms with Crippen LogP contribution in [0.4, 0.5) is 10.1 Å². The van der Waals surface area contributed by atoms with Crippen molar-refractivity contribution in [3.05, 3.63) is 62.4 Å². The number of aliphatic hydroxyl groups is 1. The van der Waals surface area contributed by atoms with Gasteiger partial charge in [-0.25, -0.2) is 4.39 Å². The molecule has 0 saturated carbocycles. The van der Waals surface area contributed by atoms with Crippen LogP contribution < -0.4 is 4.74 Å². The summed E-state index contributed by atoms with van der Waals surface area (Å²) in [6.07, 6.45) is -0.810. The molecular weight excluding hydrogens is 345 g/mol. The van der Waals surface area contributed by atoms with Crippen LogP contribution in [0.3, 0.4) is 0 Å². The number of hydrogen-bond donors (Lipinski definition) is 1. The monoisotopic (exact) mass is 355 g/mol. The van der Waals surface area contributed by atoms with Gasteiger partial charge >= 0.3 is 5.69 Å². The van der Waals surface area contributed by atoms with Gasteiger partial charge in [0.15, 0.2) is 11.6 Å². The normalized spacial score (nSPS) is 12.0. The van der Waals surface area contributed by atoms with E-state index in [4.69, 9.17) is 4.74 Å². The van der Waals surface area contributed by atoms with E-state index in [1.807, 2.05) is 0 Å². The maximum atomic E-state index is 13.9. The average Bonchev–Trinajstić information content (AvgIpc) is 2.42. The molecule has 1 atom stereocenters. The smallest absolute Gasteiger partial charge is 0.312 e. The minimum absolute atomic E-state index is 0.0631. The zero-order valence-electron chi connectivity index (χ0n) is 10.9. The summed E-state index contributed by atoms with van der Waals surface area (Å²) in [5, 5.41) is 20.3. The lowest BCUT2D eigenvalue weighted by Crippen LogP contribution is -1.97. The first-order valence-corrected chi connectivity index (χ1v) is 6.77. The van der Waals surface area contributed by atoms with E-state index in [0.717, 1.165) is 6.07 Å². The van der Waals surface area contributed by atoms with Crippen molar-refractivity contribution >= 4 is 21.6 Å². The van der Waals surface area contributed by atoms with Crippen molar-refractivity contribution in [3.63, 3.8) is 0 Å². The van der Waals surface area contributed by atoms with E-state index in [1.165, 1.54) is 31.2 Å². The number of aliphatic hydroxyl groups excluding tert-OH is 1. The Bertz CT molecular complexity index is 691. The minimum Gasteiger partial charge on any atom is -0.447 e. The first kappa shape index (κ1) is 15.4. The molecule has 0 heterocycles. The topological polar surface area (TPSA) is 72.6 Å². The van der Waals surface area contributed by atoms with Crippen LogP contribution in [0, 0.1) is 15.9 Å². The fourth-order valence-electron chi connectivity index (χ4n) is 1.70. The Hall–Kier alpha value is -1.99. The van der Waals surface area contributed by atoms with E-state index in [9.17, 15) is 19.6 Å². The largest absolute Gasteiger partial charge is 0.447 e. The number of hydrogen-bond acceptors (Lipinski definition) is 4. The van der Waals surface area contributed by atoms with Gasteiger partial charge in [0.05, 0.1) is 11.0 Å². The lowest BCUT2D eigenvalue weighted by atomic mass is 10.1. The lowest BCUT2D eigenvalue weighted by molar-refractivity contribution is -0.385. The fraction of sp³-hybridized carbons (Fsp3) is 0.143. The third kappa shape index (κ3) is 3.56. The lowest BCUT2D eigenvalue weighted by Gasteiger charge is -2.10. The Kier molecular flexibility index (Phi) is 4.54. The summed E-state index contributed by atoms with van der Waals surface area (Å²) in [4.78, 5) is 10.4. The van der Waals surface area contributed by atoms with E-state index in [0.29, 0.717) is 10.0 Å². The van der Waals surface area contributed by atoms with Crippen LogP contribution in [-0.4, -0.2) is 10.0 Å². The van der Waals surface area contributed by atoms with Crippen LogP contribution in [0.5, 0.6) is 11.5 Å². The van der Waals surface area contributed by atoms with Gasteiger partial charge in [-0.15, -0.1) is 0 Å². The highest BCUT2D eigenvalue weighted by atomic mass is 79.9. The van der Waals surface area contributed by atoms with Gasteiger partial charge in [0.1, 0.15) is 0 Å². The van der Waals surface area contributed by atoms with Gasteiger partial charge < -0.3 is 9.84 Å². The summed E-state index contributed by atoms with van der Waals surface area (Å²) in [6, 6.07) is 8.16. The SMILES string of the molecule is C[C@H](O)c1ccc(Oc2ccc(Br)cc2[N+](=O)[O-])c(F)c1. The minimum atomic E-state index is -0.810.